The van der Waals surface area contributed by atoms with Crippen LogP contribution in [-0.2, 0) is 9.53 Å². The minimum Gasteiger partial charge on any atom is -0.379 e. The second-order valence-electron chi connectivity index (χ2n) is 5.55. The van der Waals surface area contributed by atoms with Crippen molar-refractivity contribution in [3.05, 3.63) is 0 Å². The summed E-state index contributed by atoms with van der Waals surface area (Å²) in [7, 11) is 4.03. The number of nitrogens with one attached hydrogen (secondary N) is 2. The summed E-state index contributed by atoms with van der Waals surface area (Å²) < 4.78 is 5.36. The van der Waals surface area contributed by atoms with Crippen molar-refractivity contribution in [2.24, 2.45) is 11.8 Å². The van der Waals surface area contributed by atoms with Crippen molar-refractivity contribution in [2.45, 2.75) is 18.9 Å². The number of likely N-dealkylation sites (N-methyl/N-ethyl adjacent to an activating group) is 1. The van der Waals surface area contributed by atoms with Crippen LogP contribution >= 0.6 is 0 Å². The summed E-state index contributed by atoms with van der Waals surface area (Å²) in [5.74, 6) is 0.708. The molecule has 2 N–H and O–H groups in total. The maximum Gasteiger partial charge on any atom is 0.227 e. The van der Waals surface area contributed by atoms with Crippen molar-refractivity contribution in [3.8, 4) is 0 Å². The first-order valence-electron chi connectivity index (χ1n) is 6.92. The molecule has 2 aliphatic heterocycles. The van der Waals surface area contributed by atoms with E-state index in [-0.39, 0.29) is 17.9 Å². The highest BCUT2D eigenvalue weighted by atomic mass is 16.5. The lowest BCUT2D eigenvalue weighted by Crippen LogP contribution is -2.45. The van der Waals surface area contributed by atoms with Crippen LogP contribution in [0.3, 0.4) is 0 Å². The summed E-state index contributed by atoms with van der Waals surface area (Å²) in [6.07, 6.45) is 2.46. The second kappa shape index (κ2) is 6.50. The van der Waals surface area contributed by atoms with Gasteiger partial charge in [-0.15, -0.1) is 0 Å². The lowest BCUT2D eigenvalue weighted by Gasteiger charge is -2.30. The summed E-state index contributed by atoms with van der Waals surface area (Å²) in [6.45, 7) is 4.26. The third-order valence-electron chi connectivity index (χ3n) is 4.08. The molecule has 3 atom stereocenters. The largest absolute Gasteiger partial charge is 0.379 e. The fourth-order valence-corrected chi connectivity index (χ4v) is 2.91. The number of carbonyl (C=O) groups is 1. The van der Waals surface area contributed by atoms with Gasteiger partial charge in [-0.25, -0.2) is 0 Å². The van der Waals surface area contributed by atoms with E-state index in [1.807, 2.05) is 7.05 Å². The molecule has 104 valence electrons. The van der Waals surface area contributed by atoms with Crippen LogP contribution in [0.1, 0.15) is 12.8 Å². The van der Waals surface area contributed by atoms with E-state index in [9.17, 15) is 4.79 Å². The Balaban J connectivity index is 1.74. The molecule has 2 aliphatic rings. The zero-order valence-corrected chi connectivity index (χ0v) is 11.4. The minimum absolute atomic E-state index is 0.0312. The Morgan fingerprint density at radius 1 is 1.44 bits per heavy atom. The molecular formula is C13H25N3O2. The number of nitrogens with zero attached hydrogens (tertiary/aromatic N) is 1. The summed E-state index contributed by atoms with van der Waals surface area (Å²) in [5, 5.41) is 6.24. The van der Waals surface area contributed by atoms with Gasteiger partial charge in [-0.2, -0.15) is 0 Å². The number of ether oxygens (including phenoxy) is 1. The number of carbonyl (C=O) groups excluding carboxylic acids is 1. The number of hydrogen-bond donors (Lipinski definition) is 2. The highest BCUT2D eigenvalue weighted by Crippen LogP contribution is 2.16. The summed E-state index contributed by atoms with van der Waals surface area (Å²) in [6, 6.07) is 0.166. The molecule has 2 saturated heterocycles. The first-order chi connectivity index (χ1) is 8.70. The van der Waals surface area contributed by atoms with Gasteiger partial charge in [0.2, 0.25) is 5.91 Å². The van der Waals surface area contributed by atoms with E-state index < -0.39 is 0 Å². The molecule has 0 radical (unpaired) electrons. The van der Waals surface area contributed by atoms with Crippen molar-refractivity contribution in [1.82, 2.24) is 15.5 Å². The van der Waals surface area contributed by atoms with Crippen LogP contribution in [-0.4, -0.2) is 63.8 Å². The number of hydrogen-bond acceptors (Lipinski definition) is 4. The average molecular weight is 255 g/mol. The topological polar surface area (TPSA) is 53.6 Å². The molecule has 2 fully saturated rings. The molecule has 0 aromatic rings. The number of piperidine rings is 1. The molecule has 1 amide bonds. The average Bonchev–Trinajstić information content (AvgIpc) is 2.84. The van der Waals surface area contributed by atoms with Crippen LogP contribution in [0.5, 0.6) is 0 Å². The van der Waals surface area contributed by atoms with Gasteiger partial charge in [0.15, 0.2) is 0 Å². The maximum atomic E-state index is 12.1. The predicted octanol–water partition coefficient (Wildman–Crippen LogP) is -0.321. The van der Waals surface area contributed by atoms with E-state index in [1.54, 1.807) is 0 Å². The van der Waals surface area contributed by atoms with Gasteiger partial charge in [-0.3, -0.25) is 4.79 Å². The van der Waals surface area contributed by atoms with Crippen LogP contribution < -0.4 is 10.6 Å². The molecule has 0 spiro atoms. The van der Waals surface area contributed by atoms with Gasteiger partial charge in [0.25, 0.3) is 0 Å². The fourth-order valence-electron chi connectivity index (χ4n) is 2.91. The van der Waals surface area contributed by atoms with E-state index in [0.717, 1.165) is 13.1 Å². The van der Waals surface area contributed by atoms with E-state index in [1.165, 1.54) is 19.4 Å². The predicted molar refractivity (Wildman–Crippen MR) is 70.4 cm³/mol. The van der Waals surface area contributed by atoms with Crippen LogP contribution in [0, 0.1) is 11.8 Å². The SMILES string of the molecule is CNC1COCC1C(=O)NCC1CCCN(C)C1. The lowest BCUT2D eigenvalue weighted by atomic mass is 9.97. The van der Waals surface area contributed by atoms with E-state index in [2.05, 4.69) is 22.6 Å². The third kappa shape index (κ3) is 3.43. The Labute approximate surface area is 109 Å². The Kier molecular flexibility index (Phi) is 4.97. The van der Waals surface area contributed by atoms with Gasteiger partial charge in [0, 0.05) is 19.1 Å². The zero-order valence-electron chi connectivity index (χ0n) is 11.4. The fraction of sp³-hybridized carbons (Fsp3) is 0.923. The van der Waals surface area contributed by atoms with Crippen LogP contribution in [0.25, 0.3) is 0 Å². The molecule has 2 heterocycles. The van der Waals surface area contributed by atoms with E-state index in [0.29, 0.717) is 19.1 Å². The lowest BCUT2D eigenvalue weighted by molar-refractivity contribution is -0.125. The minimum atomic E-state index is -0.0312. The summed E-state index contributed by atoms with van der Waals surface area (Å²) in [5.41, 5.74) is 0. The van der Waals surface area contributed by atoms with Crippen molar-refractivity contribution in [2.75, 3.05) is 46.9 Å². The molecule has 0 aromatic heterocycles. The molecule has 18 heavy (non-hydrogen) atoms. The first-order valence-corrected chi connectivity index (χ1v) is 6.92. The molecule has 0 aliphatic carbocycles. The van der Waals surface area contributed by atoms with Crippen molar-refractivity contribution >= 4 is 5.91 Å². The Bertz CT molecular complexity index is 285. The van der Waals surface area contributed by atoms with Gasteiger partial charge >= 0.3 is 0 Å². The van der Waals surface area contributed by atoms with Crippen LogP contribution in [0.2, 0.25) is 0 Å². The molecular weight excluding hydrogens is 230 g/mol. The van der Waals surface area contributed by atoms with E-state index in [4.69, 9.17) is 4.74 Å². The molecule has 0 aromatic carbocycles. The molecule has 5 heteroatoms. The molecule has 2 rings (SSSR count). The Morgan fingerprint density at radius 2 is 2.28 bits per heavy atom. The van der Waals surface area contributed by atoms with Gasteiger partial charge in [0.05, 0.1) is 19.1 Å². The normalized spacial score (nSPS) is 33.6. The van der Waals surface area contributed by atoms with Crippen molar-refractivity contribution < 1.29 is 9.53 Å². The van der Waals surface area contributed by atoms with E-state index >= 15 is 0 Å². The zero-order chi connectivity index (χ0) is 13.0. The second-order valence-corrected chi connectivity index (χ2v) is 5.55. The van der Waals surface area contributed by atoms with Gasteiger partial charge in [0.1, 0.15) is 0 Å². The van der Waals surface area contributed by atoms with Crippen LogP contribution in [0.4, 0.5) is 0 Å². The number of rotatable bonds is 4. The highest BCUT2D eigenvalue weighted by Gasteiger charge is 2.33. The standard InChI is InChI=1S/C13H25N3O2/c1-14-12-9-18-8-11(12)13(17)15-6-10-4-3-5-16(2)7-10/h10-12,14H,3-9H2,1-2H3,(H,15,17). The monoisotopic (exact) mass is 255 g/mol. The first kappa shape index (κ1) is 13.8. The Morgan fingerprint density at radius 3 is 3.00 bits per heavy atom. The highest BCUT2D eigenvalue weighted by molar-refractivity contribution is 5.79. The quantitative estimate of drug-likeness (QED) is 0.723. The molecule has 0 bridgehead atoms. The number of likely N-dealkylation sites (tertiary alicyclic amines) is 1. The molecule has 3 unspecified atom stereocenters. The number of amides is 1. The smallest absolute Gasteiger partial charge is 0.227 e. The third-order valence-corrected chi connectivity index (χ3v) is 4.08. The molecule has 0 saturated carbocycles. The van der Waals surface area contributed by atoms with Crippen molar-refractivity contribution in [3.63, 3.8) is 0 Å². The van der Waals surface area contributed by atoms with Crippen molar-refractivity contribution in [1.29, 1.82) is 0 Å². The maximum absolute atomic E-state index is 12.1. The molecule has 5 nitrogen and oxygen atoms in total. The van der Waals surface area contributed by atoms with Crippen LogP contribution in [0.15, 0.2) is 0 Å². The van der Waals surface area contributed by atoms with Gasteiger partial charge in [-0.1, -0.05) is 0 Å². The summed E-state index contributed by atoms with van der Waals surface area (Å²) >= 11 is 0. The van der Waals surface area contributed by atoms with Gasteiger partial charge < -0.3 is 20.3 Å². The van der Waals surface area contributed by atoms with Gasteiger partial charge in [-0.05, 0) is 39.4 Å². The Hall–Kier alpha value is -0.650. The summed E-state index contributed by atoms with van der Waals surface area (Å²) in [4.78, 5) is 14.4.